The zero-order valence-corrected chi connectivity index (χ0v) is 23.7. The number of rotatable bonds is 5. The molecule has 8 heteroatoms. The van der Waals surface area contributed by atoms with E-state index in [1.165, 1.54) is 6.07 Å². The number of nitrogens with zero attached hydrogens (tertiary/aromatic N) is 2. The van der Waals surface area contributed by atoms with Gasteiger partial charge in [-0.1, -0.05) is 114 Å². The van der Waals surface area contributed by atoms with Crippen LogP contribution in [0, 0.1) is 11.8 Å². The third-order valence-electron chi connectivity index (χ3n) is 8.25. The van der Waals surface area contributed by atoms with Crippen LogP contribution in [0.5, 0.6) is 0 Å². The van der Waals surface area contributed by atoms with Crippen LogP contribution >= 0.6 is 23.2 Å². The number of halogens is 2. The molecule has 2 fully saturated rings. The molecule has 0 aliphatic carbocycles. The lowest BCUT2D eigenvalue weighted by Gasteiger charge is -2.36. The molecule has 42 heavy (non-hydrogen) atoms. The van der Waals surface area contributed by atoms with Crippen LogP contribution in [-0.2, 0) is 19.1 Å². The molecule has 3 aliphatic rings. The van der Waals surface area contributed by atoms with Gasteiger partial charge in [-0.3, -0.25) is 9.59 Å². The monoisotopic (exact) mass is 594 g/mol. The molecule has 0 unspecified atom stereocenters. The lowest BCUT2D eigenvalue weighted by molar-refractivity contribution is -0.151. The van der Waals surface area contributed by atoms with E-state index >= 15 is 0 Å². The second-order valence-corrected chi connectivity index (χ2v) is 11.4. The number of carbonyl (C=O) groups is 3. The van der Waals surface area contributed by atoms with Crippen LogP contribution in [0.1, 0.15) is 22.8 Å². The molecule has 4 aromatic carbocycles. The highest BCUT2D eigenvalue weighted by molar-refractivity contribution is 6.38. The van der Waals surface area contributed by atoms with E-state index in [0.29, 0.717) is 5.02 Å². The van der Waals surface area contributed by atoms with Gasteiger partial charge in [0.2, 0.25) is 11.8 Å². The maximum Gasteiger partial charge on any atom is 0.330 e. The Morgan fingerprint density at radius 3 is 2.02 bits per heavy atom. The highest BCUT2D eigenvalue weighted by Gasteiger charge is 2.65. The van der Waals surface area contributed by atoms with Gasteiger partial charge in [0.25, 0.3) is 0 Å². The Labute approximate surface area is 252 Å². The number of benzene rings is 4. The summed E-state index contributed by atoms with van der Waals surface area (Å²) in [6, 6.07) is 29.6. The molecule has 2 amide bonds. The maximum absolute atomic E-state index is 14.4. The van der Waals surface area contributed by atoms with E-state index in [1.807, 2.05) is 102 Å². The molecule has 3 aliphatic heterocycles. The van der Waals surface area contributed by atoms with Gasteiger partial charge in [0.15, 0.2) is 6.10 Å². The number of fused-ring (bicyclic) bond motifs is 5. The van der Waals surface area contributed by atoms with Crippen LogP contribution in [0.3, 0.4) is 0 Å². The molecule has 7 rings (SSSR count). The van der Waals surface area contributed by atoms with Gasteiger partial charge in [-0.2, -0.15) is 0 Å². The Bertz CT molecular complexity index is 1700. The molecule has 0 spiro atoms. The highest BCUT2D eigenvalue weighted by Crippen LogP contribution is 2.50. The Hall–Kier alpha value is -4.39. The summed E-state index contributed by atoms with van der Waals surface area (Å²) in [5.74, 6) is -3.28. The van der Waals surface area contributed by atoms with E-state index in [0.717, 1.165) is 27.3 Å². The van der Waals surface area contributed by atoms with E-state index in [2.05, 4.69) is 0 Å². The zero-order chi connectivity index (χ0) is 29.0. The SMILES string of the molecule is O=C(OC(c1ccccc1)c1ccccc1)[C@H]1[C@@H]2C(=O)N(c3ccc(Cl)cc3Cl)C(=O)[C@@H]2[C@H]2C=Cc3ccccc3N21. The number of imide groups is 1. The summed E-state index contributed by atoms with van der Waals surface area (Å²) < 4.78 is 6.31. The van der Waals surface area contributed by atoms with E-state index in [4.69, 9.17) is 27.9 Å². The average Bonchev–Trinajstić information content (AvgIpc) is 3.49. The van der Waals surface area contributed by atoms with Crippen molar-refractivity contribution in [1.29, 1.82) is 0 Å². The van der Waals surface area contributed by atoms with Gasteiger partial charge >= 0.3 is 5.97 Å². The molecule has 0 bridgehead atoms. The van der Waals surface area contributed by atoms with Crippen LogP contribution in [-0.4, -0.2) is 29.9 Å². The van der Waals surface area contributed by atoms with Gasteiger partial charge in [0.05, 0.1) is 28.6 Å². The quantitative estimate of drug-likeness (QED) is 0.190. The number of esters is 1. The minimum absolute atomic E-state index is 0.179. The van der Waals surface area contributed by atoms with Crippen molar-refractivity contribution in [3.8, 4) is 0 Å². The van der Waals surface area contributed by atoms with Crippen molar-refractivity contribution < 1.29 is 19.1 Å². The van der Waals surface area contributed by atoms with Gasteiger partial charge in [-0.15, -0.1) is 0 Å². The number of para-hydroxylation sites is 1. The van der Waals surface area contributed by atoms with Crippen LogP contribution in [0.2, 0.25) is 10.0 Å². The van der Waals surface area contributed by atoms with E-state index in [-0.39, 0.29) is 10.7 Å². The number of amides is 2. The average molecular weight is 595 g/mol. The summed E-state index contributed by atoms with van der Waals surface area (Å²) in [6.45, 7) is 0. The van der Waals surface area contributed by atoms with Crippen LogP contribution in [0.25, 0.3) is 6.08 Å². The number of carbonyl (C=O) groups excluding carboxylic acids is 3. The summed E-state index contributed by atoms with van der Waals surface area (Å²) in [4.78, 5) is 45.6. The second-order valence-electron chi connectivity index (χ2n) is 10.6. The highest BCUT2D eigenvalue weighted by atomic mass is 35.5. The van der Waals surface area contributed by atoms with Gasteiger partial charge in [0, 0.05) is 10.7 Å². The van der Waals surface area contributed by atoms with Gasteiger partial charge in [-0.25, -0.2) is 9.69 Å². The Morgan fingerprint density at radius 1 is 0.738 bits per heavy atom. The van der Waals surface area contributed by atoms with Crippen molar-refractivity contribution in [3.05, 3.63) is 136 Å². The Kier molecular flexibility index (Phi) is 6.60. The molecule has 0 saturated carbocycles. The fourth-order valence-corrected chi connectivity index (χ4v) is 6.95. The first kappa shape index (κ1) is 26.5. The molecule has 2 saturated heterocycles. The molecular formula is C34H24Cl2N2O4. The largest absolute Gasteiger partial charge is 0.451 e. The molecule has 0 aromatic heterocycles. The first-order chi connectivity index (χ1) is 20.4. The van der Waals surface area contributed by atoms with Crippen molar-refractivity contribution in [2.45, 2.75) is 18.2 Å². The first-order valence-corrected chi connectivity index (χ1v) is 14.4. The topological polar surface area (TPSA) is 66.9 Å². The molecule has 4 atom stereocenters. The first-order valence-electron chi connectivity index (χ1n) is 13.6. The predicted octanol–water partition coefficient (Wildman–Crippen LogP) is 6.72. The second kappa shape index (κ2) is 10.5. The molecule has 0 radical (unpaired) electrons. The van der Waals surface area contributed by atoms with Crippen LogP contribution in [0.15, 0.2) is 109 Å². The lowest BCUT2D eigenvalue weighted by atomic mass is 9.88. The molecule has 3 heterocycles. The zero-order valence-electron chi connectivity index (χ0n) is 22.1. The maximum atomic E-state index is 14.4. The van der Waals surface area contributed by atoms with E-state index in [9.17, 15) is 14.4 Å². The van der Waals surface area contributed by atoms with Crippen molar-refractivity contribution in [2.24, 2.45) is 11.8 Å². The number of ether oxygens (including phenoxy) is 1. The van der Waals surface area contributed by atoms with Crippen molar-refractivity contribution in [3.63, 3.8) is 0 Å². The van der Waals surface area contributed by atoms with Crippen molar-refractivity contribution in [2.75, 3.05) is 9.80 Å². The summed E-state index contributed by atoms with van der Waals surface area (Å²) >= 11 is 12.6. The van der Waals surface area contributed by atoms with Gasteiger partial charge in [-0.05, 0) is 41.0 Å². The standard InChI is InChI=1S/C34H24Cl2N2O4/c35-23-16-18-26(24(36)19-23)38-32(39)28-27-17-15-20-9-7-8-14-25(20)37(27)30(29(28)33(38)40)34(41)42-31(21-10-3-1-4-11-21)22-12-5-2-6-13-22/h1-19,27-31H/t27-,28-,29-,30-/m1/s1. The van der Waals surface area contributed by atoms with Gasteiger partial charge < -0.3 is 9.64 Å². The fraction of sp³-hybridized carbons (Fsp3) is 0.147. The third kappa shape index (κ3) is 4.21. The summed E-state index contributed by atoms with van der Waals surface area (Å²) in [5, 5.41) is 0.563. The number of anilines is 2. The smallest absolute Gasteiger partial charge is 0.330 e. The summed E-state index contributed by atoms with van der Waals surface area (Å²) in [7, 11) is 0. The fourth-order valence-electron chi connectivity index (χ4n) is 6.45. The van der Waals surface area contributed by atoms with Crippen molar-refractivity contribution in [1.82, 2.24) is 0 Å². The predicted molar refractivity (Wildman–Crippen MR) is 162 cm³/mol. The van der Waals surface area contributed by atoms with Gasteiger partial charge in [0.1, 0.15) is 6.04 Å². The van der Waals surface area contributed by atoms with Crippen LogP contribution in [0.4, 0.5) is 11.4 Å². The number of hydrogen-bond donors (Lipinski definition) is 0. The minimum Gasteiger partial charge on any atom is -0.451 e. The molecule has 0 N–H and O–H groups in total. The summed E-state index contributed by atoms with van der Waals surface area (Å²) in [5.41, 5.74) is 3.51. The summed E-state index contributed by atoms with van der Waals surface area (Å²) in [6.07, 6.45) is 3.13. The molecule has 4 aromatic rings. The third-order valence-corrected chi connectivity index (χ3v) is 8.78. The Balaban J connectivity index is 1.32. The normalized spacial score (nSPS) is 22.3. The Morgan fingerprint density at radius 2 is 1.36 bits per heavy atom. The minimum atomic E-state index is -1.05. The lowest BCUT2D eigenvalue weighted by Crippen LogP contribution is -2.49. The van der Waals surface area contributed by atoms with Crippen molar-refractivity contribution >= 4 is 58.4 Å². The van der Waals surface area contributed by atoms with Crippen LogP contribution < -0.4 is 9.80 Å². The molecular weight excluding hydrogens is 571 g/mol. The number of hydrogen-bond acceptors (Lipinski definition) is 5. The van der Waals surface area contributed by atoms with E-state index in [1.54, 1.807) is 12.1 Å². The van der Waals surface area contributed by atoms with E-state index < -0.39 is 47.8 Å². The molecule has 208 valence electrons. The molecule has 6 nitrogen and oxygen atoms in total.